The van der Waals surface area contributed by atoms with E-state index in [9.17, 15) is 13.2 Å². The van der Waals surface area contributed by atoms with E-state index >= 15 is 0 Å². The number of nitrogens with one attached hydrogen (secondary N) is 1. The molecule has 0 atom stereocenters. The van der Waals surface area contributed by atoms with Crippen LogP contribution in [0, 0.1) is 6.92 Å². The number of amides is 1. The van der Waals surface area contributed by atoms with Crippen LogP contribution in [0.15, 0.2) is 47.4 Å². The van der Waals surface area contributed by atoms with Crippen molar-refractivity contribution in [2.75, 3.05) is 19.9 Å². The van der Waals surface area contributed by atoms with Gasteiger partial charge in [-0.05, 0) is 42.3 Å². The van der Waals surface area contributed by atoms with Crippen LogP contribution in [0.2, 0.25) is 0 Å². The molecule has 0 aromatic heterocycles. The van der Waals surface area contributed by atoms with E-state index in [0.29, 0.717) is 18.0 Å². The smallest absolute Gasteiger partial charge is 0.240 e. The maximum Gasteiger partial charge on any atom is 0.240 e. The summed E-state index contributed by atoms with van der Waals surface area (Å²) in [6, 6.07) is 12.2. The molecule has 0 radical (unpaired) electrons. The molecule has 8 heteroatoms. The van der Waals surface area contributed by atoms with Crippen LogP contribution in [0.5, 0.6) is 11.5 Å². The standard InChI is InChI=1S/C19H22N2O5S/c1-14-4-3-5-17(10-14)27(23,24)20-8-9-21(15(2)22)12-16-6-7-18-19(11-16)26-13-25-18/h3-7,10-11,20H,8-9,12-13H2,1-2H3. The Morgan fingerprint density at radius 3 is 2.67 bits per heavy atom. The van der Waals surface area contributed by atoms with Crippen molar-refractivity contribution in [3.63, 3.8) is 0 Å². The highest BCUT2D eigenvalue weighted by Crippen LogP contribution is 2.32. The molecule has 1 aliphatic rings. The van der Waals surface area contributed by atoms with Crippen molar-refractivity contribution >= 4 is 15.9 Å². The van der Waals surface area contributed by atoms with E-state index in [0.717, 1.165) is 11.1 Å². The molecule has 1 N–H and O–H groups in total. The predicted molar refractivity (Wildman–Crippen MR) is 100 cm³/mol. The SMILES string of the molecule is CC(=O)N(CCNS(=O)(=O)c1cccc(C)c1)Cc1ccc2c(c1)OCO2. The van der Waals surface area contributed by atoms with Gasteiger partial charge >= 0.3 is 0 Å². The number of hydrogen-bond acceptors (Lipinski definition) is 5. The number of fused-ring (bicyclic) bond motifs is 1. The van der Waals surface area contributed by atoms with E-state index in [1.807, 2.05) is 25.1 Å². The van der Waals surface area contributed by atoms with Crippen LogP contribution in [0.25, 0.3) is 0 Å². The van der Waals surface area contributed by atoms with Gasteiger partial charge < -0.3 is 14.4 Å². The lowest BCUT2D eigenvalue weighted by molar-refractivity contribution is -0.129. The Morgan fingerprint density at radius 2 is 1.93 bits per heavy atom. The second-order valence-electron chi connectivity index (χ2n) is 6.34. The van der Waals surface area contributed by atoms with Crippen molar-refractivity contribution in [3.05, 3.63) is 53.6 Å². The number of sulfonamides is 1. The summed E-state index contributed by atoms with van der Waals surface area (Å²) >= 11 is 0. The minimum Gasteiger partial charge on any atom is -0.454 e. The lowest BCUT2D eigenvalue weighted by atomic mass is 10.2. The quantitative estimate of drug-likeness (QED) is 0.782. The average Bonchev–Trinajstić information content (AvgIpc) is 3.08. The molecule has 7 nitrogen and oxygen atoms in total. The fourth-order valence-electron chi connectivity index (χ4n) is 2.79. The average molecular weight is 390 g/mol. The normalized spacial score (nSPS) is 12.8. The lowest BCUT2D eigenvalue weighted by Gasteiger charge is -2.21. The molecule has 2 aromatic carbocycles. The maximum atomic E-state index is 12.4. The maximum absolute atomic E-state index is 12.4. The highest BCUT2D eigenvalue weighted by Gasteiger charge is 2.17. The van der Waals surface area contributed by atoms with Gasteiger partial charge in [-0.25, -0.2) is 13.1 Å². The van der Waals surface area contributed by atoms with Crippen LogP contribution >= 0.6 is 0 Å². The van der Waals surface area contributed by atoms with E-state index in [-0.39, 0.29) is 30.7 Å². The minimum atomic E-state index is -3.61. The molecule has 1 amide bonds. The highest BCUT2D eigenvalue weighted by molar-refractivity contribution is 7.89. The Morgan fingerprint density at radius 1 is 1.15 bits per heavy atom. The summed E-state index contributed by atoms with van der Waals surface area (Å²) in [5.41, 5.74) is 1.75. The third kappa shape index (κ3) is 4.78. The van der Waals surface area contributed by atoms with Gasteiger partial charge in [-0.15, -0.1) is 0 Å². The third-order valence-electron chi connectivity index (χ3n) is 4.23. The van der Waals surface area contributed by atoms with Gasteiger partial charge in [-0.3, -0.25) is 4.79 Å². The molecule has 0 bridgehead atoms. The van der Waals surface area contributed by atoms with Gasteiger partial charge in [-0.2, -0.15) is 0 Å². The number of carbonyl (C=O) groups excluding carboxylic acids is 1. The van der Waals surface area contributed by atoms with E-state index in [1.165, 1.54) is 6.92 Å². The molecule has 27 heavy (non-hydrogen) atoms. The molecule has 144 valence electrons. The van der Waals surface area contributed by atoms with Crippen LogP contribution in [-0.2, 0) is 21.4 Å². The molecule has 1 aliphatic heterocycles. The summed E-state index contributed by atoms with van der Waals surface area (Å²) in [5.74, 6) is 1.19. The van der Waals surface area contributed by atoms with Gasteiger partial charge in [0.05, 0.1) is 4.90 Å². The molecule has 0 unspecified atom stereocenters. The zero-order valence-electron chi connectivity index (χ0n) is 15.3. The third-order valence-corrected chi connectivity index (χ3v) is 5.69. The Balaban J connectivity index is 1.61. The first-order chi connectivity index (χ1) is 12.8. The van der Waals surface area contributed by atoms with Crippen LogP contribution in [0.1, 0.15) is 18.1 Å². The number of nitrogens with zero attached hydrogens (tertiary/aromatic N) is 1. The van der Waals surface area contributed by atoms with Crippen molar-refractivity contribution < 1.29 is 22.7 Å². The first-order valence-corrected chi connectivity index (χ1v) is 10.0. The van der Waals surface area contributed by atoms with Crippen LogP contribution in [0.3, 0.4) is 0 Å². The monoisotopic (exact) mass is 390 g/mol. The number of aryl methyl sites for hydroxylation is 1. The Hall–Kier alpha value is -2.58. The Bertz CT molecular complexity index is 943. The molecular weight excluding hydrogens is 368 g/mol. The van der Waals surface area contributed by atoms with Crippen LogP contribution in [-0.4, -0.2) is 39.1 Å². The first-order valence-electron chi connectivity index (χ1n) is 8.55. The van der Waals surface area contributed by atoms with Gasteiger partial charge in [0.25, 0.3) is 0 Å². The summed E-state index contributed by atoms with van der Waals surface area (Å²) in [4.78, 5) is 13.7. The van der Waals surface area contributed by atoms with Crippen molar-refractivity contribution in [3.8, 4) is 11.5 Å². The van der Waals surface area contributed by atoms with Gasteiger partial charge in [0.1, 0.15) is 0 Å². The largest absolute Gasteiger partial charge is 0.454 e. The summed E-state index contributed by atoms with van der Waals surface area (Å²) in [5, 5.41) is 0. The zero-order chi connectivity index (χ0) is 19.4. The predicted octanol–water partition coefficient (Wildman–Crippen LogP) is 2.05. The Kier molecular flexibility index (Phi) is 5.67. The molecule has 1 heterocycles. The molecule has 0 aliphatic carbocycles. The van der Waals surface area contributed by atoms with Gasteiger partial charge in [0.2, 0.25) is 22.7 Å². The highest BCUT2D eigenvalue weighted by atomic mass is 32.2. The van der Waals surface area contributed by atoms with Crippen molar-refractivity contribution in [2.45, 2.75) is 25.3 Å². The van der Waals surface area contributed by atoms with E-state index in [4.69, 9.17) is 9.47 Å². The van der Waals surface area contributed by atoms with Crippen molar-refractivity contribution in [1.29, 1.82) is 0 Å². The molecular formula is C19H22N2O5S. The summed E-state index contributed by atoms with van der Waals surface area (Å²) in [6.07, 6.45) is 0. The number of hydrogen-bond donors (Lipinski definition) is 1. The molecule has 0 fully saturated rings. The summed E-state index contributed by atoms with van der Waals surface area (Å²) in [7, 11) is -3.61. The van der Waals surface area contributed by atoms with Crippen molar-refractivity contribution in [1.82, 2.24) is 9.62 Å². The van der Waals surface area contributed by atoms with E-state index in [2.05, 4.69) is 4.72 Å². The summed E-state index contributed by atoms with van der Waals surface area (Å²) in [6.45, 7) is 4.23. The second-order valence-corrected chi connectivity index (χ2v) is 8.11. The van der Waals surface area contributed by atoms with Crippen molar-refractivity contribution in [2.24, 2.45) is 0 Å². The number of rotatable bonds is 7. The Labute approximate surface area is 158 Å². The van der Waals surface area contributed by atoms with Crippen LogP contribution in [0.4, 0.5) is 0 Å². The molecule has 0 saturated carbocycles. The number of carbonyl (C=O) groups is 1. The van der Waals surface area contributed by atoms with Gasteiger partial charge in [0.15, 0.2) is 11.5 Å². The topological polar surface area (TPSA) is 84.9 Å². The van der Waals surface area contributed by atoms with E-state index < -0.39 is 10.0 Å². The first kappa shape index (κ1) is 19.2. The molecule has 0 spiro atoms. The summed E-state index contributed by atoms with van der Waals surface area (Å²) < 4.78 is 37.9. The van der Waals surface area contributed by atoms with Crippen LogP contribution < -0.4 is 14.2 Å². The molecule has 2 aromatic rings. The second kappa shape index (κ2) is 7.98. The number of benzene rings is 2. The fraction of sp³-hybridized carbons (Fsp3) is 0.316. The zero-order valence-corrected chi connectivity index (χ0v) is 16.1. The fourth-order valence-corrected chi connectivity index (χ4v) is 3.91. The van der Waals surface area contributed by atoms with E-state index in [1.54, 1.807) is 29.2 Å². The minimum absolute atomic E-state index is 0.125. The van der Waals surface area contributed by atoms with Gasteiger partial charge in [0, 0.05) is 26.6 Å². The number of ether oxygens (including phenoxy) is 2. The lowest BCUT2D eigenvalue weighted by Crippen LogP contribution is -2.37. The molecule has 3 rings (SSSR count). The molecule has 0 saturated heterocycles. The van der Waals surface area contributed by atoms with Gasteiger partial charge in [-0.1, -0.05) is 18.2 Å².